The summed E-state index contributed by atoms with van der Waals surface area (Å²) in [6.07, 6.45) is 0. The van der Waals surface area contributed by atoms with Gasteiger partial charge in [0, 0.05) is 33.0 Å². The van der Waals surface area contributed by atoms with E-state index in [4.69, 9.17) is 24.4 Å². The van der Waals surface area contributed by atoms with Crippen LogP contribution in [-0.2, 0) is 0 Å². The Hall–Kier alpha value is -7.76. The van der Waals surface area contributed by atoms with Gasteiger partial charge < -0.3 is 4.42 Å². The van der Waals surface area contributed by atoms with Crippen LogP contribution in [0.4, 0.5) is 0 Å². The van der Waals surface area contributed by atoms with E-state index in [1.807, 2.05) is 72.8 Å². The number of para-hydroxylation sites is 1. The van der Waals surface area contributed by atoms with Crippen LogP contribution in [0.1, 0.15) is 0 Å². The fraction of sp³-hybridized carbons (Fsp3) is 0. The van der Waals surface area contributed by atoms with E-state index < -0.39 is 0 Å². The minimum atomic E-state index is 0.623. The van der Waals surface area contributed by atoms with Crippen LogP contribution in [0, 0.1) is 0 Å². The number of rotatable bonds is 6. The van der Waals surface area contributed by atoms with Crippen LogP contribution in [0.15, 0.2) is 199 Å². The highest BCUT2D eigenvalue weighted by atomic mass is 16.3. The molecule has 0 aliphatic carbocycles. The van der Waals surface area contributed by atoms with Crippen LogP contribution in [0.25, 0.3) is 111 Å². The van der Waals surface area contributed by atoms with Gasteiger partial charge in [0.25, 0.3) is 0 Å². The van der Waals surface area contributed by atoms with Gasteiger partial charge in [-0.1, -0.05) is 176 Å². The van der Waals surface area contributed by atoms with E-state index in [2.05, 4.69) is 121 Å². The van der Waals surface area contributed by atoms with Crippen LogP contribution in [-0.4, -0.2) is 19.9 Å². The van der Waals surface area contributed by atoms with Crippen molar-refractivity contribution in [2.45, 2.75) is 0 Å². The SMILES string of the molecule is c1ccc(-c2nc(-c3ccccc3)nc(-c3ccc(-c4ccc5c(c4)nc(-c4ccc(-c6cccc7ccccc67)cc4)c4c6ccccc6oc54)cc3)n2)cc1. The Morgan fingerprint density at radius 1 is 0.333 bits per heavy atom. The molecular formula is C52H32N4O. The van der Waals surface area contributed by atoms with Gasteiger partial charge in [-0.2, -0.15) is 0 Å². The molecule has 3 aromatic heterocycles. The number of benzene rings is 8. The largest absolute Gasteiger partial charge is 0.455 e. The molecule has 11 aromatic rings. The number of fused-ring (bicyclic) bond motifs is 6. The zero-order chi connectivity index (χ0) is 37.7. The third-order valence-electron chi connectivity index (χ3n) is 10.7. The standard InChI is InChI=1S/C52H32N4O/c1-3-13-37(14-4-1)50-54-51(38-15-5-2-6-16-38)56-52(55-50)39-28-22-33(23-29-39)40-30-31-43-45(32-40)53-48(47-44-19-9-10-21-46(44)57-49(43)47)36-26-24-35(25-27-36)42-20-11-17-34-12-7-8-18-41(34)42/h1-32H. The summed E-state index contributed by atoms with van der Waals surface area (Å²) in [5.74, 6) is 1.90. The maximum atomic E-state index is 6.60. The minimum Gasteiger partial charge on any atom is -0.455 e. The second-order valence-electron chi connectivity index (χ2n) is 14.2. The van der Waals surface area contributed by atoms with E-state index >= 15 is 0 Å². The van der Waals surface area contributed by atoms with Crippen molar-refractivity contribution in [1.82, 2.24) is 19.9 Å². The van der Waals surface area contributed by atoms with Crippen molar-refractivity contribution >= 4 is 43.6 Å². The first-order valence-corrected chi connectivity index (χ1v) is 19.0. The summed E-state index contributed by atoms with van der Waals surface area (Å²) in [6.45, 7) is 0. The maximum Gasteiger partial charge on any atom is 0.164 e. The molecule has 57 heavy (non-hydrogen) atoms. The summed E-state index contributed by atoms with van der Waals surface area (Å²) >= 11 is 0. The van der Waals surface area contributed by atoms with Gasteiger partial charge >= 0.3 is 0 Å². The van der Waals surface area contributed by atoms with E-state index in [1.54, 1.807) is 0 Å². The van der Waals surface area contributed by atoms with Crippen LogP contribution in [0.5, 0.6) is 0 Å². The highest BCUT2D eigenvalue weighted by Gasteiger charge is 2.19. The molecule has 0 atom stereocenters. The maximum absolute atomic E-state index is 6.60. The summed E-state index contributed by atoms with van der Waals surface area (Å²) in [7, 11) is 0. The van der Waals surface area contributed by atoms with Gasteiger partial charge in [-0.05, 0) is 51.2 Å². The number of furan rings is 1. The first-order chi connectivity index (χ1) is 28.2. The number of pyridine rings is 1. The van der Waals surface area contributed by atoms with E-state index in [1.165, 1.54) is 21.9 Å². The Kier molecular flexibility index (Phi) is 7.74. The molecule has 0 amide bonds. The predicted octanol–water partition coefficient (Wildman–Crippen LogP) is 13.5. The van der Waals surface area contributed by atoms with Crippen molar-refractivity contribution < 1.29 is 4.42 Å². The quantitative estimate of drug-likeness (QED) is 0.171. The highest BCUT2D eigenvalue weighted by Crippen LogP contribution is 2.41. The first kappa shape index (κ1) is 32.7. The van der Waals surface area contributed by atoms with Crippen molar-refractivity contribution in [1.29, 1.82) is 0 Å². The third-order valence-corrected chi connectivity index (χ3v) is 10.7. The molecule has 0 unspecified atom stereocenters. The minimum absolute atomic E-state index is 0.623. The Labute approximate surface area is 328 Å². The number of nitrogens with zero attached hydrogens (tertiary/aromatic N) is 4. The Morgan fingerprint density at radius 2 is 0.860 bits per heavy atom. The average Bonchev–Trinajstić information content (AvgIpc) is 3.69. The van der Waals surface area contributed by atoms with Crippen molar-refractivity contribution in [3.63, 3.8) is 0 Å². The summed E-state index contributed by atoms with van der Waals surface area (Å²) in [5, 5.41) is 5.52. The molecule has 5 nitrogen and oxygen atoms in total. The summed E-state index contributed by atoms with van der Waals surface area (Å²) in [4.78, 5) is 20.1. The Balaban J connectivity index is 0.999. The van der Waals surface area contributed by atoms with Gasteiger partial charge in [-0.25, -0.2) is 19.9 Å². The lowest BCUT2D eigenvalue weighted by Gasteiger charge is -2.11. The van der Waals surface area contributed by atoms with Crippen molar-refractivity contribution in [3.05, 3.63) is 194 Å². The van der Waals surface area contributed by atoms with E-state index in [0.29, 0.717) is 17.5 Å². The fourth-order valence-corrected chi connectivity index (χ4v) is 7.89. The second kappa shape index (κ2) is 13.5. The van der Waals surface area contributed by atoms with E-state index in [0.717, 1.165) is 71.9 Å². The molecule has 0 aliphatic heterocycles. The molecule has 0 fully saturated rings. The normalized spacial score (nSPS) is 11.5. The van der Waals surface area contributed by atoms with Gasteiger partial charge in [-0.3, -0.25) is 0 Å². The van der Waals surface area contributed by atoms with E-state index in [9.17, 15) is 0 Å². The van der Waals surface area contributed by atoms with Gasteiger partial charge in [-0.15, -0.1) is 0 Å². The monoisotopic (exact) mass is 728 g/mol. The Morgan fingerprint density at radius 3 is 1.56 bits per heavy atom. The van der Waals surface area contributed by atoms with Crippen LogP contribution < -0.4 is 0 Å². The molecule has 0 spiro atoms. The third kappa shape index (κ3) is 5.81. The van der Waals surface area contributed by atoms with Gasteiger partial charge in [0.1, 0.15) is 11.2 Å². The van der Waals surface area contributed by atoms with Crippen LogP contribution in [0.3, 0.4) is 0 Å². The topological polar surface area (TPSA) is 64.7 Å². The lowest BCUT2D eigenvalue weighted by molar-refractivity contribution is 0.672. The summed E-state index contributed by atoms with van der Waals surface area (Å²) < 4.78 is 6.60. The number of hydrogen-bond acceptors (Lipinski definition) is 5. The number of hydrogen-bond donors (Lipinski definition) is 0. The summed E-state index contributed by atoms with van der Waals surface area (Å²) in [5.41, 5.74) is 11.8. The average molecular weight is 729 g/mol. The molecule has 0 radical (unpaired) electrons. The van der Waals surface area contributed by atoms with Crippen LogP contribution >= 0.6 is 0 Å². The molecule has 0 bridgehead atoms. The first-order valence-electron chi connectivity index (χ1n) is 19.0. The molecule has 5 heteroatoms. The molecule has 0 saturated heterocycles. The highest BCUT2D eigenvalue weighted by molar-refractivity contribution is 6.19. The zero-order valence-electron chi connectivity index (χ0n) is 30.7. The molecule has 0 N–H and O–H groups in total. The van der Waals surface area contributed by atoms with Gasteiger partial charge in [0.2, 0.25) is 0 Å². The smallest absolute Gasteiger partial charge is 0.164 e. The molecule has 8 aromatic carbocycles. The van der Waals surface area contributed by atoms with Crippen LogP contribution in [0.2, 0.25) is 0 Å². The van der Waals surface area contributed by atoms with Crippen molar-refractivity contribution in [2.75, 3.05) is 0 Å². The molecule has 11 rings (SSSR count). The summed E-state index contributed by atoms with van der Waals surface area (Å²) in [6, 6.07) is 66.9. The fourth-order valence-electron chi connectivity index (χ4n) is 7.89. The van der Waals surface area contributed by atoms with E-state index in [-0.39, 0.29) is 0 Å². The lowest BCUT2D eigenvalue weighted by Crippen LogP contribution is -2.00. The second-order valence-corrected chi connectivity index (χ2v) is 14.2. The van der Waals surface area contributed by atoms with Gasteiger partial charge in [0.05, 0.1) is 16.6 Å². The zero-order valence-corrected chi connectivity index (χ0v) is 30.7. The molecule has 266 valence electrons. The lowest BCUT2D eigenvalue weighted by atomic mass is 9.96. The predicted molar refractivity (Wildman–Crippen MR) is 233 cm³/mol. The molecular weight excluding hydrogens is 697 g/mol. The Bertz CT molecular complexity index is 3200. The molecule has 0 saturated carbocycles. The number of aromatic nitrogens is 4. The van der Waals surface area contributed by atoms with Crippen molar-refractivity contribution in [2.24, 2.45) is 0 Å². The van der Waals surface area contributed by atoms with Gasteiger partial charge in [0.15, 0.2) is 17.5 Å². The molecule has 3 heterocycles. The van der Waals surface area contributed by atoms with Crippen molar-refractivity contribution in [3.8, 4) is 67.7 Å². The molecule has 0 aliphatic rings.